The molecule has 1 unspecified atom stereocenters. The van der Waals surface area contributed by atoms with Gasteiger partial charge in [0.2, 0.25) is 0 Å². The van der Waals surface area contributed by atoms with Crippen LogP contribution in [0.3, 0.4) is 0 Å². The normalized spacial score (nSPS) is 14.2. The van der Waals surface area contributed by atoms with Crippen LogP contribution >= 0.6 is 0 Å². The standard InChI is InChI=1S/C6H10OSe/c1-3-4-8-6(2)5-7/h3-6H,1-2H3/b4-3+. The molecular formula is C6H10OSe. The van der Waals surface area contributed by atoms with Gasteiger partial charge in [-0.15, -0.1) is 0 Å². The number of carbonyl (C=O) groups excluding carboxylic acids is 1. The molecule has 0 fully saturated rings. The number of carbonyl (C=O) groups is 1. The van der Waals surface area contributed by atoms with E-state index < -0.39 is 0 Å². The zero-order chi connectivity index (χ0) is 6.41. The zero-order valence-electron chi connectivity index (χ0n) is 5.13. The Hall–Kier alpha value is -0.0705. The fourth-order valence-corrected chi connectivity index (χ4v) is 1.22. The molecule has 0 heterocycles. The maximum atomic E-state index is 9.99. The van der Waals surface area contributed by atoms with Crippen LogP contribution in [0.25, 0.3) is 0 Å². The van der Waals surface area contributed by atoms with Crippen LogP contribution in [-0.4, -0.2) is 21.2 Å². The molecule has 0 rings (SSSR count). The molecule has 0 N–H and O–H groups in total. The Labute approximate surface area is 56.3 Å². The van der Waals surface area contributed by atoms with E-state index in [9.17, 15) is 4.79 Å². The van der Waals surface area contributed by atoms with Crippen molar-refractivity contribution >= 4 is 21.2 Å². The fraction of sp³-hybridized carbons (Fsp3) is 0.500. The van der Waals surface area contributed by atoms with Crippen molar-refractivity contribution in [1.29, 1.82) is 0 Å². The van der Waals surface area contributed by atoms with E-state index in [4.69, 9.17) is 0 Å². The summed E-state index contributed by atoms with van der Waals surface area (Å²) in [5, 5.41) is 0. The molecule has 0 aliphatic carbocycles. The van der Waals surface area contributed by atoms with E-state index in [1.807, 2.05) is 19.9 Å². The predicted molar refractivity (Wildman–Crippen MR) is 36.1 cm³/mol. The van der Waals surface area contributed by atoms with E-state index in [0.29, 0.717) is 15.0 Å². The Morgan fingerprint density at radius 3 is 2.62 bits per heavy atom. The van der Waals surface area contributed by atoms with Gasteiger partial charge in [0, 0.05) is 0 Å². The molecule has 0 amide bonds. The van der Waals surface area contributed by atoms with Gasteiger partial charge in [0.15, 0.2) is 0 Å². The first-order chi connectivity index (χ1) is 3.81. The monoisotopic (exact) mass is 178 g/mol. The van der Waals surface area contributed by atoms with E-state index in [2.05, 4.69) is 4.97 Å². The average molecular weight is 177 g/mol. The van der Waals surface area contributed by atoms with E-state index in [0.717, 1.165) is 6.29 Å². The topological polar surface area (TPSA) is 17.1 Å². The predicted octanol–water partition coefficient (Wildman–Crippen LogP) is 1.23. The summed E-state index contributed by atoms with van der Waals surface area (Å²) in [5.41, 5.74) is 0. The summed E-state index contributed by atoms with van der Waals surface area (Å²) >= 11 is 0.385. The van der Waals surface area contributed by atoms with Crippen molar-refractivity contribution in [3.8, 4) is 0 Å². The van der Waals surface area contributed by atoms with Crippen molar-refractivity contribution < 1.29 is 4.79 Å². The fourth-order valence-electron chi connectivity index (χ4n) is 0.235. The third-order valence-corrected chi connectivity index (χ3v) is 2.66. The number of rotatable bonds is 3. The maximum absolute atomic E-state index is 9.99. The Morgan fingerprint density at radius 2 is 2.25 bits per heavy atom. The second-order valence-corrected chi connectivity index (χ2v) is 4.15. The summed E-state index contributed by atoms with van der Waals surface area (Å²) in [6.45, 7) is 3.91. The minimum absolute atomic E-state index is 0.249. The van der Waals surface area contributed by atoms with Crippen LogP contribution in [0.5, 0.6) is 0 Å². The van der Waals surface area contributed by atoms with Gasteiger partial charge in [0.1, 0.15) is 0 Å². The van der Waals surface area contributed by atoms with Gasteiger partial charge in [0.05, 0.1) is 0 Å². The molecule has 0 radical (unpaired) electrons. The van der Waals surface area contributed by atoms with Crippen LogP contribution in [0.1, 0.15) is 13.8 Å². The van der Waals surface area contributed by atoms with Gasteiger partial charge in [-0.25, -0.2) is 0 Å². The summed E-state index contributed by atoms with van der Waals surface area (Å²) in [6.07, 6.45) is 2.99. The van der Waals surface area contributed by atoms with Crippen molar-refractivity contribution in [2.24, 2.45) is 0 Å². The molecule has 0 spiro atoms. The number of hydrogen-bond donors (Lipinski definition) is 0. The SMILES string of the molecule is C/C=C/[Se]C(C)C=O. The van der Waals surface area contributed by atoms with Gasteiger partial charge in [-0.1, -0.05) is 0 Å². The van der Waals surface area contributed by atoms with Crippen LogP contribution in [0.15, 0.2) is 11.1 Å². The molecule has 0 aliphatic rings. The van der Waals surface area contributed by atoms with Crippen LogP contribution in [0.2, 0.25) is 4.82 Å². The third-order valence-electron chi connectivity index (χ3n) is 0.621. The minimum atomic E-state index is 0.249. The Kier molecular flexibility index (Phi) is 5.03. The Morgan fingerprint density at radius 1 is 1.62 bits per heavy atom. The molecule has 2 heteroatoms. The summed E-state index contributed by atoms with van der Waals surface area (Å²) in [4.78, 5) is 12.3. The molecule has 0 saturated carbocycles. The summed E-state index contributed by atoms with van der Waals surface area (Å²) in [7, 11) is 0. The molecule has 0 aromatic carbocycles. The van der Waals surface area contributed by atoms with E-state index in [-0.39, 0.29) is 4.82 Å². The van der Waals surface area contributed by atoms with E-state index in [1.54, 1.807) is 0 Å². The Balaban J connectivity index is 3.23. The molecule has 0 aromatic rings. The zero-order valence-corrected chi connectivity index (χ0v) is 6.84. The van der Waals surface area contributed by atoms with Crippen LogP contribution in [-0.2, 0) is 4.79 Å². The van der Waals surface area contributed by atoms with Crippen molar-refractivity contribution in [3.05, 3.63) is 11.1 Å². The van der Waals surface area contributed by atoms with Crippen molar-refractivity contribution in [3.63, 3.8) is 0 Å². The summed E-state index contributed by atoms with van der Waals surface area (Å²) in [6, 6.07) is 0. The summed E-state index contributed by atoms with van der Waals surface area (Å²) in [5.74, 6) is 0. The molecule has 1 nitrogen and oxygen atoms in total. The first kappa shape index (κ1) is 7.93. The second-order valence-electron chi connectivity index (χ2n) is 1.45. The van der Waals surface area contributed by atoms with Crippen LogP contribution < -0.4 is 0 Å². The van der Waals surface area contributed by atoms with Gasteiger partial charge >= 0.3 is 55.8 Å². The van der Waals surface area contributed by atoms with Gasteiger partial charge < -0.3 is 0 Å². The van der Waals surface area contributed by atoms with E-state index in [1.165, 1.54) is 0 Å². The molecular weight excluding hydrogens is 167 g/mol. The first-order valence-corrected chi connectivity index (χ1v) is 4.51. The molecule has 0 aromatic heterocycles. The van der Waals surface area contributed by atoms with Crippen molar-refractivity contribution in [1.82, 2.24) is 0 Å². The quantitative estimate of drug-likeness (QED) is 0.468. The van der Waals surface area contributed by atoms with E-state index >= 15 is 0 Å². The van der Waals surface area contributed by atoms with Gasteiger partial charge in [-0.2, -0.15) is 0 Å². The summed E-state index contributed by atoms with van der Waals surface area (Å²) < 4.78 is 0. The van der Waals surface area contributed by atoms with Gasteiger partial charge in [0.25, 0.3) is 0 Å². The number of hydrogen-bond acceptors (Lipinski definition) is 1. The number of allylic oxidation sites excluding steroid dienone is 1. The van der Waals surface area contributed by atoms with Crippen molar-refractivity contribution in [2.75, 3.05) is 0 Å². The molecule has 1 atom stereocenters. The van der Waals surface area contributed by atoms with Crippen molar-refractivity contribution in [2.45, 2.75) is 18.7 Å². The molecule has 0 saturated heterocycles. The second kappa shape index (κ2) is 5.07. The molecule has 46 valence electrons. The van der Waals surface area contributed by atoms with Gasteiger partial charge in [-0.3, -0.25) is 0 Å². The van der Waals surface area contributed by atoms with Gasteiger partial charge in [-0.05, 0) is 0 Å². The molecule has 8 heavy (non-hydrogen) atoms. The third kappa shape index (κ3) is 4.10. The average Bonchev–Trinajstić information content (AvgIpc) is 1.83. The molecule has 0 bridgehead atoms. The van der Waals surface area contributed by atoms with Crippen LogP contribution in [0, 0.1) is 0 Å². The Bertz CT molecular complexity index is 88.5. The molecule has 0 aliphatic heterocycles. The number of aldehydes is 1. The van der Waals surface area contributed by atoms with Crippen LogP contribution in [0.4, 0.5) is 0 Å². The first-order valence-electron chi connectivity index (χ1n) is 2.53.